The summed E-state index contributed by atoms with van der Waals surface area (Å²) in [5.74, 6) is -0.135. The van der Waals surface area contributed by atoms with Gasteiger partial charge in [-0.3, -0.25) is 4.79 Å². The van der Waals surface area contributed by atoms with Crippen LogP contribution in [0.2, 0.25) is 10.0 Å². The summed E-state index contributed by atoms with van der Waals surface area (Å²) >= 11 is 16.0. The Morgan fingerprint density at radius 1 is 1.42 bits per heavy atom. The van der Waals surface area contributed by atoms with Crippen LogP contribution >= 0.6 is 35.8 Å². The van der Waals surface area contributed by atoms with E-state index < -0.39 is 6.04 Å². The smallest absolute Gasteiger partial charge is 0.209 e. The Balaban J connectivity index is 2.40. The molecule has 2 aromatic rings. The highest BCUT2D eigenvalue weighted by Gasteiger charge is 2.27. The number of carbonyl (C=O) groups excluding carboxylic acids is 1. The third-order valence-electron chi connectivity index (χ3n) is 3.03. The fraction of sp³-hybridized carbons (Fsp3) is 0.231. The number of aromatic nitrogens is 2. The van der Waals surface area contributed by atoms with E-state index in [-0.39, 0.29) is 11.0 Å². The summed E-state index contributed by atoms with van der Waals surface area (Å²) in [5, 5.41) is 0.869. The summed E-state index contributed by atoms with van der Waals surface area (Å²) < 4.78 is 1.73. The Morgan fingerprint density at radius 3 is 2.68 bits per heavy atom. The minimum Gasteiger partial charge on any atom is -0.325 e. The molecule has 2 atom stereocenters. The summed E-state index contributed by atoms with van der Waals surface area (Å²) in [6.07, 6.45) is 4.96. The monoisotopic (exact) mass is 314 g/mol. The molecule has 0 amide bonds. The average molecular weight is 315 g/mol. The number of benzene rings is 1. The zero-order chi connectivity index (χ0) is 14.0. The topological polar surface area (TPSA) is 34.9 Å². The molecular formula is C13H12Cl2N2OS. The van der Waals surface area contributed by atoms with Gasteiger partial charge in [-0.15, -0.1) is 12.6 Å². The number of thiol groups is 1. The van der Waals surface area contributed by atoms with Gasteiger partial charge in [0.15, 0.2) is 0 Å². The van der Waals surface area contributed by atoms with Crippen LogP contribution in [0.3, 0.4) is 0 Å². The first-order valence-electron chi connectivity index (χ1n) is 5.66. The van der Waals surface area contributed by atoms with Crippen molar-refractivity contribution in [3.63, 3.8) is 0 Å². The SMILES string of the molecule is CC(c1ccc(Cl)cc1Cl)C(C(=O)S)n1ccnc1. The molecule has 1 aromatic carbocycles. The zero-order valence-corrected chi connectivity index (χ0v) is 12.5. The third-order valence-corrected chi connectivity index (χ3v) is 3.85. The predicted molar refractivity (Wildman–Crippen MR) is 80.1 cm³/mol. The highest BCUT2D eigenvalue weighted by atomic mass is 35.5. The molecule has 0 spiro atoms. The fourth-order valence-corrected chi connectivity index (χ4v) is 3.01. The Labute approximate surface area is 127 Å². The van der Waals surface area contributed by atoms with Gasteiger partial charge in [0.25, 0.3) is 0 Å². The van der Waals surface area contributed by atoms with E-state index in [2.05, 4.69) is 17.6 Å². The lowest BCUT2D eigenvalue weighted by Gasteiger charge is -2.23. The first-order valence-corrected chi connectivity index (χ1v) is 6.86. The molecule has 0 aliphatic carbocycles. The molecule has 3 nitrogen and oxygen atoms in total. The van der Waals surface area contributed by atoms with E-state index in [1.807, 2.05) is 13.0 Å². The molecule has 1 aromatic heterocycles. The predicted octanol–water partition coefficient (Wildman–Crippen LogP) is 3.99. The quantitative estimate of drug-likeness (QED) is 0.866. The van der Waals surface area contributed by atoms with Gasteiger partial charge in [0.2, 0.25) is 5.12 Å². The van der Waals surface area contributed by atoms with Crippen molar-refractivity contribution in [2.45, 2.75) is 18.9 Å². The molecule has 1 heterocycles. The summed E-state index contributed by atoms with van der Waals surface area (Å²) in [7, 11) is 0. The van der Waals surface area contributed by atoms with E-state index in [1.165, 1.54) is 0 Å². The molecule has 0 N–H and O–H groups in total. The average Bonchev–Trinajstić information content (AvgIpc) is 2.81. The largest absolute Gasteiger partial charge is 0.325 e. The van der Waals surface area contributed by atoms with Crippen molar-refractivity contribution in [1.82, 2.24) is 9.55 Å². The minimum absolute atomic E-state index is 0.135. The number of hydrogen-bond acceptors (Lipinski definition) is 2. The van der Waals surface area contributed by atoms with Gasteiger partial charge in [0.05, 0.1) is 6.33 Å². The number of imidazole rings is 1. The molecular weight excluding hydrogens is 303 g/mol. The van der Waals surface area contributed by atoms with Crippen LogP contribution in [0.15, 0.2) is 36.9 Å². The Morgan fingerprint density at radius 2 is 2.16 bits per heavy atom. The van der Waals surface area contributed by atoms with Crippen molar-refractivity contribution in [2.75, 3.05) is 0 Å². The van der Waals surface area contributed by atoms with Crippen molar-refractivity contribution in [1.29, 1.82) is 0 Å². The van der Waals surface area contributed by atoms with Crippen LogP contribution in [0.4, 0.5) is 0 Å². The molecule has 0 saturated carbocycles. The fourth-order valence-electron chi connectivity index (χ4n) is 2.07. The van der Waals surface area contributed by atoms with Crippen molar-refractivity contribution >= 4 is 40.9 Å². The lowest BCUT2D eigenvalue weighted by Crippen LogP contribution is -2.20. The summed E-state index contributed by atoms with van der Waals surface area (Å²) in [6, 6.07) is 4.80. The third kappa shape index (κ3) is 3.14. The number of carbonyl (C=O) groups is 1. The van der Waals surface area contributed by atoms with Crippen molar-refractivity contribution in [2.24, 2.45) is 0 Å². The van der Waals surface area contributed by atoms with Crippen LogP contribution in [0.25, 0.3) is 0 Å². The molecule has 6 heteroatoms. The first-order chi connectivity index (χ1) is 9.00. The Bertz CT molecular complexity index is 586. The lowest BCUT2D eigenvalue weighted by atomic mass is 9.93. The first kappa shape index (κ1) is 14.4. The van der Waals surface area contributed by atoms with Crippen LogP contribution in [0.1, 0.15) is 24.4 Å². The Hall–Kier alpha value is -0.970. The molecule has 2 rings (SSSR count). The summed E-state index contributed by atoms with van der Waals surface area (Å²) in [5.41, 5.74) is 0.854. The lowest BCUT2D eigenvalue weighted by molar-refractivity contribution is -0.114. The maximum absolute atomic E-state index is 11.8. The van der Waals surface area contributed by atoms with E-state index in [0.29, 0.717) is 10.0 Å². The van der Waals surface area contributed by atoms with Gasteiger partial charge < -0.3 is 4.57 Å². The molecule has 0 aliphatic heterocycles. The van der Waals surface area contributed by atoms with Gasteiger partial charge in [-0.2, -0.15) is 0 Å². The number of rotatable bonds is 4. The van der Waals surface area contributed by atoms with Crippen LogP contribution in [-0.4, -0.2) is 14.7 Å². The second-order valence-corrected chi connectivity index (χ2v) is 5.53. The van der Waals surface area contributed by atoms with Crippen molar-refractivity contribution < 1.29 is 4.79 Å². The van der Waals surface area contributed by atoms with E-state index in [9.17, 15) is 4.79 Å². The molecule has 0 fully saturated rings. The van der Waals surface area contributed by atoms with E-state index in [4.69, 9.17) is 23.2 Å². The summed E-state index contributed by atoms with van der Waals surface area (Å²) in [4.78, 5) is 15.7. The van der Waals surface area contributed by atoms with Crippen LogP contribution < -0.4 is 0 Å². The van der Waals surface area contributed by atoms with Crippen molar-refractivity contribution in [3.8, 4) is 0 Å². The second kappa shape index (κ2) is 5.99. The molecule has 0 aliphatic rings. The normalized spacial score (nSPS) is 14.1. The summed E-state index contributed by atoms with van der Waals surface area (Å²) in [6.45, 7) is 1.92. The maximum Gasteiger partial charge on any atom is 0.209 e. The van der Waals surface area contributed by atoms with E-state index in [1.54, 1.807) is 35.4 Å². The van der Waals surface area contributed by atoms with E-state index in [0.717, 1.165) is 5.56 Å². The number of halogens is 2. The number of hydrogen-bond donors (Lipinski definition) is 1. The van der Waals surface area contributed by atoms with Gasteiger partial charge in [-0.1, -0.05) is 36.2 Å². The van der Waals surface area contributed by atoms with Gasteiger partial charge in [-0.05, 0) is 17.7 Å². The Kier molecular flexibility index (Phi) is 4.55. The molecule has 0 radical (unpaired) electrons. The highest BCUT2D eigenvalue weighted by molar-refractivity contribution is 7.96. The van der Waals surface area contributed by atoms with Gasteiger partial charge in [0.1, 0.15) is 6.04 Å². The molecule has 0 saturated heterocycles. The molecule has 2 unspecified atom stereocenters. The van der Waals surface area contributed by atoms with Gasteiger partial charge in [-0.25, -0.2) is 4.98 Å². The molecule has 100 valence electrons. The zero-order valence-electron chi connectivity index (χ0n) is 10.1. The minimum atomic E-state index is -0.454. The highest BCUT2D eigenvalue weighted by Crippen LogP contribution is 2.35. The maximum atomic E-state index is 11.8. The molecule has 19 heavy (non-hydrogen) atoms. The molecule has 0 bridgehead atoms. The standard InChI is InChI=1S/C13H12Cl2N2OS/c1-8(10-3-2-9(14)6-11(10)15)12(13(18)19)17-5-4-16-7-17/h2-8,12H,1H3,(H,18,19). The van der Waals surface area contributed by atoms with Crippen LogP contribution in [0.5, 0.6) is 0 Å². The van der Waals surface area contributed by atoms with Gasteiger partial charge in [0, 0.05) is 28.4 Å². The van der Waals surface area contributed by atoms with Gasteiger partial charge >= 0.3 is 0 Å². The van der Waals surface area contributed by atoms with Crippen molar-refractivity contribution in [3.05, 3.63) is 52.5 Å². The number of nitrogens with zero attached hydrogens (tertiary/aromatic N) is 2. The van der Waals surface area contributed by atoms with Crippen LogP contribution in [0, 0.1) is 0 Å². The van der Waals surface area contributed by atoms with E-state index >= 15 is 0 Å². The second-order valence-electron chi connectivity index (χ2n) is 4.25. The van der Waals surface area contributed by atoms with Crippen LogP contribution in [-0.2, 0) is 4.79 Å².